The highest BCUT2D eigenvalue weighted by Crippen LogP contribution is 2.34. The van der Waals surface area contributed by atoms with Gasteiger partial charge in [0.15, 0.2) is 0 Å². The highest BCUT2D eigenvalue weighted by molar-refractivity contribution is 5.93. The third-order valence-corrected chi connectivity index (χ3v) is 4.54. The van der Waals surface area contributed by atoms with Gasteiger partial charge in [-0.15, -0.1) is 0 Å². The molecule has 1 saturated heterocycles. The van der Waals surface area contributed by atoms with Crippen molar-refractivity contribution in [2.75, 3.05) is 33.4 Å². The summed E-state index contributed by atoms with van der Waals surface area (Å²) in [7, 11) is 1.69. The first-order valence-corrected chi connectivity index (χ1v) is 8.05. The maximum absolute atomic E-state index is 12.6. The molecule has 2 rings (SSSR count). The van der Waals surface area contributed by atoms with E-state index in [1.165, 1.54) is 0 Å². The van der Waals surface area contributed by atoms with Crippen LogP contribution >= 0.6 is 0 Å². The van der Waals surface area contributed by atoms with E-state index in [-0.39, 0.29) is 17.9 Å². The van der Waals surface area contributed by atoms with E-state index in [0.29, 0.717) is 18.7 Å². The summed E-state index contributed by atoms with van der Waals surface area (Å²) in [6.07, 6.45) is 7.11. The Kier molecular flexibility index (Phi) is 5.97. The van der Waals surface area contributed by atoms with Crippen molar-refractivity contribution in [1.82, 2.24) is 14.7 Å². The minimum absolute atomic E-state index is 0.0176. The first-order valence-electron chi connectivity index (χ1n) is 8.05. The molecule has 6 heteroatoms. The fraction of sp³-hybridized carbons (Fsp3) is 0.750. The molecule has 22 heavy (non-hydrogen) atoms. The Morgan fingerprint density at radius 2 is 2.36 bits per heavy atom. The summed E-state index contributed by atoms with van der Waals surface area (Å²) in [5.41, 5.74) is 0.445. The molecule has 124 valence electrons. The number of carbonyl (C=O) groups excluding carboxylic acids is 1. The molecule has 1 aliphatic heterocycles. The largest absolute Gasteiger partial charge is 0.396 e. The molecule has 0 unspecified atom stereocenters. The molecule has 0 radical (unpaired) electrons. The van der Waals surface area contributed by atoms with E-state index in [4.69, 9.17) is 4.74 Å². The predicted molar refractivity (Wildman–Crippen MR) is 83.7 cm³/mol. The molecule has 1 aromatic rings. The van der Waals surface area contributed by atoms with Crippen LogP contribution in [0.1, 0.15) is 43.0 Å². The highest BCUT2D eigenvalue weighted by atomic mass is 16.5. The molecule has 1 fully saturated rings. The second kappa shape index (κ2) is 7.74. The zero-order chi connectivity index (χ0) is 16.0. The van der Waals surface area contributed by atoms with E-state index in [9.17, 15) is 9.90 Å². The molecule has 0 aliphatic carbocycles. The van der Waals surface area contributed by atoms with Crippen molar-refractivity contribution in [3.63, 3.8) is 0 Å². The number of aryl methyl sites for hydroxylation is 1. The van der Waals surface area contributed by atoms with Crippen LogP contribution in [0, 0.1) is 5.41 Å². The van der Waals surface area contributed by atoms with Crippen LogP contribution in [-0.2, 0) is 11.3 Å². The second-order valence-electron chi connectivity index (χ2n) is 6.17. The quantitative estimate of drug-likeness (QED) is 0.776. The van der Waals surface area contributed by atoms with Crippen LogP contribution in [0.2, 0.25) is 0 Å². The first-order chi connectivity index (χ1) is 10.6. The average molecular weight is 309 g/mol. The van der Waals surface area contributed by atoms with E-state index in [2.05, 4.69) is 5.10 Å². The van der Waals surface area contributed by atoms with Gasteiger partial charge in [0.2, 0.25) is 0 Å². The van der Waals surface area contributed by atoms with Crippen LogP contribution in [0.15, 0.2) is 12.4 Å². The van der Waals surface area contributed by atoms with Gasteiger partial charge in [0.1, 0.15) is 0 Å². The van der Waals surface area contributed by atoms with Crippen LogP contribution in [0.3, 0.4) is 0 Å². The van der Waals surface area contributed by atoms with Crippen molar-refractivity contribution in [2.45, 2.75) is 39.2 Å². The van der Waals surface area contributed by atoms with E-state index >= 15 is 0 Å². The predicted octanol–water partition coefficient (Wildman–Crippen LogP) is 1.54. The number of nitrogens with zero attached hydrogens (tertiary/aromatic N) is 3. The van der Waals surface area contributed by atoms with Crippen LogP contribution < -0.4 is 0 Å². The van der Waals surface area contributed by atoms with Crippen molar-refractivity contribution in [2.24, 2.45) is 5.41 Å². The van der Waals surface area contributed by atoms with Gasteiger partial charge in [-0.2, -0.15) is 5.10 Å². The van der Waals surface area contributed by atoms with Gasteiger partial charge in [0.25, 0.3) is 5.91 Å². The summed E-state index contributed by atoms with van der Waals surface area (Å²) in [5, 5.41) is 14.0. The molecule has 0 bridgehead atoms. The molecule has 0 spiro atoms. The molecule has 2 heterocycles. The van der Waals surface area contributed by atoms with E-state index in [1.807, 2.05) is 11.8 Å². The number of rotatable bonds is 7. The van der Waals surface area contributed by atoms with Crippen LogP contribution in [0.5, 0.6) is 0 Å². The number of methoxy groups -OCH3 is 1. The molecule has 6 nitrogen and oxygen atoms in total. The van der Waals surface area contributed by atoms with Gasteiger partial charge in [-0.3, -0.25) is 9.48 Å². The lowest BCUT2D eigenvalue weighted by atomic mass is 9.77. The lowest BCUT2D eigenvalue weighted by Crippen LogP contribution is -2.48. The van der Waals surface area contributed by atoms with Crippen LogP contribution in [0.25, 0.3) is 0 Å². The van der Waals surface area contributed by atoms with Crippen LogP contribution in [-0.4, -0.2) is 59.1 Å². The number of aromatic nitrogens is 2. The Bertz CT molecular complexity index is 489. The zero-order valence-electron chi connectivity index (χ0n) is 13.6. The number of ether oxygens (including phenoxy) is 1. The Hall–Kier alpha value is -1.40. The molecule has 1 N–H and O–H groups in total. The molecular weight excluding hydrogens is 282 g/mol. The van der Waals surface area contributed by atoms with Gasteiger partial charge in [-0.25, -0.2) is 0 Å². The zero-order valence-corrected chi connectivity index (χ0v) is 13.6. The average Bonchev–Trinajstić information content (AvgIpc) is 3.03. The minimum Gasteiger partial charge on any atom is -0.396 e. The van der Waals surface area contributed by atoms with Gasteiger partial charge in [0.05, 0.1) is 18.4 Å². The SMILES string of the molecule is CCn1cc(C(=O)N2CCC[C@@](CO)(CCCOC)C2)cn1. The second-order valence-corrected chi connectivity index (χ2v) is 6.17. The summed E-state index contributed by atoms with van der Waals surface area (Å²) in [4.78, 5) is 14.5. The molecule has 0 aromatic carbocycles. The number of hydrogen-bond donors (Lipinski definition) is 1. The summed E-state index contributed by atoms with van der Waals surface area (Å²) in [5.74, 6) is 0.0176. The maximum Gasteiger partial charge on any atom is 0.257 e. The number of aliphatic hydroxyl groups is 1. The minimum atomic E-state index is -0.187. The van der Waals surface area contributed by atoms with Gasteiger partial charge >= 0.3 is 0 Å². The standard InChI is InChI=1S/C16H27N3O3/c1-3-19-11-14(10-17-19)15(21)18-8-4-6-16(12-18,13-20)7-5-9-22-2/h10-11,20H,3-9,12-13H2,1-2H3/t16-/m1/s1. The Morgan fingerprint density at radius 1 is 1.55 bits per heavy atom. The van der Waals surface area contributed by atoms with E-state index < -0.39 is 0 Å². The van der Waals surface area contributed by atoms with Crippen molar-refractivity contribution in [3.8, 4) is 0 Å². The fourth-order valence-electron chi connectivity index (χ4n) is 3.21. The third-order valence-electron chi connectivity index (χ3n) is 4.54. The number of carbonyl (C=O) groups is 1. The molecule has 1 atom stereocenters. The first kappa shape index (κ1) is 17.0. The Morgan fingerprint density at radius 3 is 3.00 bits per heavy atom. The van der Waals surface area contributed by atoms with Gasteiger partial charge < -0.3 is 14.7 Å². The normalized spacial score (nSPS) is 22.0. The highest BCUT2D eigenvalue weighted by Gasteiger charge is 2.36. The topological polar surface area (TPSA) is 67.6 Å². The maximum atomic E-state index is 12.6. The number of hydrogen-bond acceptors (Lipinski definition) is 4. The van der Waals surface area contributed by atoms with Gasteiger partial charge in [-0.05, 0) is 32.6 Å². The lowest BCUT2D eigenvalue weighted by molar-refractivity contribution is 0.0180. The smallest absolute Gasteiger partial charge is 0.257 e. The lowest BCUT2D eigenvalue weighted by Gasteiger charge is -2.42. The Labute approximate surface area is 132 Å². The summed E-state index contributed by atoms with van der Waals surface area (Å²) < 4.78 is 6.87. The number of likely N-dealkylation sites (tertiary alicyclic amines) is 1. The molecular formula is C16H27N3O3. The monoisotopic (exact) mass is 309 g/mol. The van der Waals surface area contributed by atoms with Crippen molar-refractivity contribution < 1.29 is 14.6 Å². The summed E-state index contributed by atoms with van der Waals surface area (Å²) >= 11 is 0. The number of piperidine rings is 1. The number of amides is 1. The van der Waals surface area contributed by atoms with E-state index in [0.717, 1.165) is 38.8 Å². The van der Waals surface area contributed by atoms with Gasteiger partial charge in [0, 0.05) is 45.0 Å². The van der Waals surface area contributed by atoms with E-state index in [1.54, 1.807) is 24.2 Å². The van der Waals surface area contributed by atoms with Gasteiger partial charge in [-0.1, -0.05) is 0 Å². The third kappa shape index (κ3) is 3.87. The summed E-state index contributed by atoms with van der Waals surface area (Å²) in [6.45, 7) is 4.93. The molecule has 1 aromatic heterocycles. The van der Waals surface area contributed by atoms with Crippen LogP contribution in [0.4, 0.5) is 0 Å². The fourth-order valence-corrected chi connectivity index (χ4v) is 3.21. The number of aliphatic hydroxyl groups excluding tert-OH is 1. The van der Waals surface area contributed by atoms with Crippen molar-refractivity contribution in [3.05, 3.63) is 18.0 Å². The molecule has 1 amide bonds. The summed E-state index contributed by atoms with van der Waals surface area (Å²) in [6, 6.07) is 0. The Balaban J connectivity index is 2.03. The van der Waals surface area contributed by atoms with Crippen molar-refractivity contribution >= 4 is 5.91 Å². The molecule has 1 aliphatic rings. The molecule has 0 saturated carbocycles. The van der Waals surface area contributed by atoms with Crippen molar-refractivity contribution in [1.29, 1.82) is 0 Å².